The number of oxazole rings is 1. The Kier molecular flexibility index (Phi) is 2.83. The molecule has 0 saturated carbocycles. The second-order valence-corrected chi connectivity index (χ2v) is 4.86. The van der Waals surface area contributed by atoms with E-state index in [1.807, 2.05) is 0 Å². The second-order valence-electron chi connectivity index (χ2n) is 4.01. The van der Waals surface area contributed by atoms with Gasteiger partial charge in [0.2, 0.25) is 5.89 Å². The summed E-state index contributed by atoms with van der Waals surface area (Å²) in [5.74, 6) is 0.433. The molecule has 0 bridgehead atoms. The predicted molar refractivity (Wildman–Crippen MR) is 73.7 cm³/mol. The minimum absolute atomic E-state index is 0.184. The fourth-order valence-corrected chi connectivity index (χ4v) is 2.08. The summed E-state index contributed by atoms with van der Waals surface area (Å²) in [6.07, 6.45) is 2.89. The van der Waals surface area contributed by atoms with E-state index in [1.165, 1.54) is 17.1 Å². The van der Waals surface area contributed by atoms with Gasteiger partial charge in [-0.1, -0.05) is 0 Å². The maximum atomic E-state index is 11.8. The number of anilines is 1. The Morgan fingerprint density at radius 1 is 1.42 bits per heavy atom. The van der Waals surface area contributed by atoms with Gasteiger partial charge < -0.3 is 10.2 Å². The molecule has 0 fully saturated rings. The summed E-state index contributed by atoms with van der Waals surface area (Å²) in [4.78, 5) is 20.1. The largest absolute Gasteiger partial charge is 0.439 e. The molecule has 0 aliphatic heterocycles. The van der Waals surface area contributed by atoms with Crippen LogP contribution in [0.4, 0.5) is 5.69 Å². The van der Waals surface area contributed by atoms with E-state index < -0.39 is 0 Å². The maximum absolute atomic E-state index is 11.8. The van der Waals surface area contributed by atoms with Crippen LogP contribution in [0.15, 0.2) is 44.4 Å². The van der Waals surface area contributed by atoms with Crippen LogP contribution in [0.1, 0.15) is 5.89 Å². The Morgan fingerprint density at radius 3 is 3.11 bits per heavy atom. The summed E-state index contributed by atoms with van der Waals surface area (Å²) in [6.45, 7) is 0.222. The number of halogens is 1. The van der Waals surface area contributed by atoms with Gasteiger partial charge in [0.15, 0.2) is 5.58 Å². The molecular weight excluding hydrogens is 312 g/mol. The molecule has 3 rings (SSSR count). The van der Waals surface area contributed by atoms with Crippen LogP contribution in [-0.2, 0) is 6.54 Å². The number of nitrogens with zero attached hydrogens (tertiary/aromatic N) is 3. The van der Waals surface area contributed by atoms with E-state index in [9.17, 15) is 4.79 Å². The number of aromatic nitrogens is 3. The van der Waals surface area contributed by atoms with E-state index in [0.29, 0.717) is 27.2 Å². The van der Waals surface area contributed by atoms with Gasteiger partial charge in [-0.3, -0.25) is 9.36 Å². The van der Waals surface area contributed by atoms with Crippen LogP contribution >= 0.6 is 15.9 Å². The lowest BCUT2D eigenvalue weighted by molar-refractivity contribution is 0.501. The molecule has 7 heteroatoms. The molecule has 6 nitrogen and oxygen atoms in total. The highest BCUT2D eigenvalue weighted by Gasteiger charge is 2.08. The minimum atomic E-state index is -0.184. The van der Waals surface area contributed by atoms with Crippen LogP contribution in [0, 0.1) is 0 Å². The summed E-state index contributed by atoms with van der Waals surface area (Å²) < 4.78 is 7.37. The molecule has 0 atom stereocenters. The smallest absolute Gasteiger partial charge is 0.268 e. The number of nitrogen functional groups attached to an aromatic ring is 1. The van der Waals surface area contributed by atoms with Crippen LogP contribution in [-0.4, -0.2) is 14.5 Å². The third-order valence-corrected chi connectivity index (χ3v) is 3.17. The lowest BCUT2D eigenvalue weighted by atomic mass is 10.3. The lowest BCUT2D eigenvalue weighted by Crippen LogP contribution is -2.21. The molecule has 2 N–H and O–H groups in total. The standard InChI is InChI=1S/C12H9BrN4O2/c13-8-4-15-6-17(12(8)18)5-11-16-9-2-1-7(14)3-10(9)19-11/h1-4,6H,5,14H2. The van der Waals surface area contributed by atoms with Gasteiger partial charge in [0, 0.05) is 18.0 Å². The fourth-order valence-electron chi connectivity index (χ4n) is 1.74. The van der Waals surface area contributed by atoms with Gasteiger partial charge in [0.1, 0.15) is 16.5 Å². The van der Waals surface area contributed by atoms with Crippen LogP contribution in [0.25, 0.3) is 11.1 Å². The van der Waals surface area contributed by atoms with Gasteiger partial charge in [-0.2, -0.15) is 0 Å². The topological polar surface area (TPSA) is 86.9 Å². The zero-order valence-electron chi connectivity index (χ0n) is 9.71. The van der Waals surface area contributed by atoms with E-state index in [0.717, 1.165) is 0 Å². The molecule has 1 aromatic carbocycles. The summed E-state index contributed by atoms with van der Waals surface area (Å²) in [7, 11) is 0. The second kappa shape index (κ2) is 4.51. The number of benzene rings is 1. The summed E-state index contributed by atoms with van der Waals surface area (Å²) in [6, 6.07) is 5.23. The van der Waals surface area contributed by atoms with Gasteiger partial charge in [-0.05, 0) is 28.1 Å². The molecule has 0 amide bonds. The van der Waals surface area contributed by atoms with Crippen molar-refractivity contribution in [3.05, 3.63) is 51.4 Å². The lowest BCUT2D eigenvalue weighted by Gasteiger charge is -2.00. The number of rotatable bonds is 2. The van der Waals surface area contributed by atoms with Crippen LogP contribution in [0.2, 0.25) is 0 Å². The van der Waals surface area contributed by atoms with Crippen molar-refractivity contribution < 1.29 is 4.42 Å². The Labute approximate surface area is 116 Å². The molecule has 2 aromatic heterocycles. The number of hydrogen-bond donors (Lipinski definition) is 1. The highest BCUT2D eigenvalue weighted by atomic mass is 79.9. The Bertz CT molecular complexity index is 809. The van der Waals surface area contributed by atoms with Crippen molar-refractivity contribution in [2.45, 2.75) is 6.54 Å². The van der Waals surface area contributed by atoms with Gasteiger partial charge in [0.05, 0.1) is 6.33 Å². The highest BCUT2D eigenvalue weighted by molar-refractivity contribution is 9.10. The fraction of sp³-hybridized carbons (Fsp3) is 0.0833. The van der Waals surface area contributed by atoms with Crippen molar-refractivity contribution in [3.63, 3.8) is 0 Å². The average Bonchev–Trinajstić information content (AvgIpc) is 2.76. The van der Waals surface area contributed by atoms with Crippen LogP contribution in [0.5, 0.6) is 0 Å². The van der Waals surface area contributed by atoms with E-state index in [-0.39, 0.29) is 12.1 Å². The molecule has 0 unspecified atom stereocenters. The van der Waals surface area contributed by atoms with E-state index in [2.05, 4.69) is 25.9 Å². The van der Waals surface area contributed by atoms with Crippen LogP contribution < -0.4 is 11.3 Å². The van der Waals surface area contributed by atoms with Crippen molar-refractivity contribution >= 4 is 32.7 Å². The molecule has 0 aliphatic carbocycles. The molecule has 3 aromatic rings. The molecule has 2 heterocycles. The van der Waals surface area contributed by atoms with E-state index >= 15 is 0 Å². The summed E-state index contributed by atoms with van der Waals surface area (Å²) in [5, 5.41) is 0. The molecule has 19 heavy (non-hydrogen) atoms. The summed E-state index contributed by atoms with van der Waals surface area (Å²) >= 11 is 3.14. The summed E-state index contributed by atoms with van der Waals surface area (Å²) in [5.41, 5.74) is 7.41. The molecule has 96 valence electrons. The molecular formula is C12H9BrN4O2. The SMILES string of the molecule is Nc1ccc2nc(Cn3cncc(Br)c3=O)oc2c1. The maximum Gasteiger partial charge on any atom is 0.268 e. The Hall–Kier alpha value is -2.15. The third kappa shape index (κ3) is 2.24. The third-order valence-electron chi connectivity index (χ3n) is 2.62. The zero-order chi connectivity index (χ0) is 13.4. The van der Waals surface area contributed by atoms with E-state index in [4.69, 9.17) is 10.2 Å². The Morgan fingerprint density at radius 2 is 2.26 bits per heavy atom. The van der Waals surface area contributed by atoms with Crippen molar-refractivity contribution in [1.29, 1.82) is 0 Å². The van der Waals surface area contributed by atoms with Gasteiger partial charge in [-0.15, -0.1) is 0 Å². The van der Waals surface area contributed by atoms with Crippen molar-refractivity contribution in [1.82, 2.24) is 14.5 Å². The highest BCUT2D eigenvalue weighted by Crippen LogP contribution is 2.18. The first-order chi connectivity index (χ1) is 9.13. The first-order valence-corrected chi connectivity index (χ1v) is 6.27. The number of nitrogens with two attached hydrogens (primary N) is 1. The van der Waals surface area contributed by atoms with Crippen molar-refractivity contribution in [2.24, 2.45) is 0 Å². The van der Waals surface area contributed by atoms with Crippen LogP contribution in [0.3, 0.4) is 0 Å². The van der Waals surface area contributed by atoms with E-state index in [1.54, 1.807) is 18.2 Å². The monoisotopic (exact) mass is 320 g/mol. The zero-order valence-corrected chi connectivity index (χ0v) is 11.3. The van der Waals surface area contributed by atoms with Gasteiger partial charge >= 0.3 is 0 Å². The van der Waals surface area contributed by atoms with Crippen molar-refractivity contribution in [2.75, 3.05) is 5.73 Å². The van der Waals surface area contributed by atoms with Gasteiger partial charge in [0.25, 0.3) is 5.56 Å². The quantitative estimate of drug-likeness (QED) is 0.727. The molecule has 0 spiro atoms. The average molecular weight is 321 g/mol. The number of hydrogen-bond acceptors (Lipinski definition) is 5. The molecule has 0 aliphatic rings. The normalized spacial score (nSPS) is 11.0. The van der Waals surface area contributed by atoms with Crippen molar-refractivity contribution in [3.8, 4) is 0 Å². The first kappa shape index (κ1) is 11.9. The first-order valence-electron chi connectivity index (χ1n) is 5.48. The molecule has 0 radical (unpaired) electrons. The Balaban J connectivity index is 2.01. The van der Waals surface area contributed by atoms with Gasteiger partial charge in [-0.25, -0.2) is 9.97 Å². The predicted octanol–water partition coefficient (Wildman–Crippen LogP) is 1.78. The number of fused-ring (bicyclic) bond motifs is 1. The molecule has 0 saturated heterocycles. The minimum Gasteiger partial charge on any atom is -0.439 e.